The number of anilines is 1. The van der Waals surface area contributed by atoms with E-state index in [4.69, 9.17) is 11.6 Å². The molecule has 23 heavy (non-hydrogen) atoms. The van der Waals surface area contributed by atoms with Crippen molar-refractivity contribution in [3.8, 4) is 11.3 Å². The zero-order valence-electron chi connectivity index (χ0n) is 13.6. The number of thiazole rings is 1. The molecule has 0 bridgehead atoms. The number of nitrogens with one attached hydrogen (secondary N) is 1. The average molecular weight is 351 g/mol. The van der Waals surface area contributed by atoms with Crippen LogP contribution in [0.15, 0.2) is 29.6 Å². The first-order chi connectivity index (χ1) is 11.1. The van der Waals surface area contributed by atoms with E-state index in [-0.39, 0.29) is 11.8 Å². The van der Waals surface area contributed by atoms with Gasteiger partial charge in [0.25, 0.3) is 0 Å². The van der Waals surface area contributed by atoms with Crippen molar-refractivity contribution in [1.29, 1.82) is 0 Å². The number of nitrogens with zero attached hydrogens (tertiary/aromatic N) is 1. The Labute approximate surface area is 147 Å². The summed E-state index contributed by atoms with van der Waals surface area (Å²) in [6.07, 6.45) is 5.11. The number of hydrogen-bond donors (Lipinski definition) is 1. The fourth-order valence-electron chi connectivity index (χ4n) is 2.50. The molecule has 0 saturated carbocycles. The molecule has 0 spiro atoms. The fourth-order valence-corrected chi connectivity index (χ4v) is 3.35. The summed E-state index contributed by atoms with van der Waals surface area (Å²) >= 11 is 7.36. The SMILES string of the molecule is CCCCC(CCC)C(=O)Nc1nc(-c2ccc(Cl)cc2)cs1. The molecule has 1 N–H and O–H groups in total. The number of halogens is 1. The van der Waals surface area contributed by atoms with Crippen molar-refractivity contribution < 1.29 is 4.79 Å². The summed E-state index contributed by atoms with van der Waals surface area (Å²) in [6.45, 7) is 4.27. The van der Waals surface area contributed by atoms with E-state index in [2.05, 4.69) is 24.1 Å². The number of amides is 1. The van der Waals surface area contributed by atoms with Gasteiger partial charge in [-0.25, -0.2) is 4.98 Å². The van der Waals surface area contributed by atoms with E-state index in [1.165, 1.54) is 11.3 Å². The third-order valence-electron chi connectivity index (χ3n) is 3.79. The van der Waals surface area contributed by atoms with E-state index in [0.717, 1.165) is 43.4 Å². The Bertz CT molecular complexity index is 624. The molecular weight excluding hydrogens is 328 g/mol. The fraction of sp³-hybridized carbons (Fsp3) is 0.444. The summed E-state index contributed by atoms with van der Waals surface area (Å²) in [5, 5.41) is 6.31. The molecule has 0 saturated heterocycles. The van der Waals surface area contributed by atoms with Crippen molar-refractivity contribution in [3.63, 3.8) is 0 Å². The first-order valence-corrected chi connectivity index (χ1v) is 9.42. The molecule has 2 aromatic rings. The van der Waals surface area contributed by atoms with Gasteiger partial charge >= 0.3 is 0 Å². The summed E-state index contributed by atoms with van der Waals surface area (Å²) < 4.78 is 0. The Morgan fingerprint density at radius 3 is 2.61 bits per heavy atom. The van der Waals surface area contributed by atoms with Crippen molar-refractivity contribution in [3.05, 3.63) is 34.7 Å². The third-order valence-corrected chi connectivity index (χ3v) is 4.80. The number of hydrogen-bond acceptors (Lipinski definition) is 3. The highest BCUT2D eigenvalue weighted by atomic mass is 35.5. The number of rotatable bonds is 8. The largest absolute Gasteiger partial charge is 0.302 e. The van der Waals surface area contributed by atoms with Gasteiger partial charge in [0.2, 0.25) is 5.91 Å². The van der Waals surface area contributed by atoms with Gasteiger partial charge in [0.05, 0.1) is 5.69 Å². The van der Waals surface area contributed by atoms with E-state index in [9.17, 15) is 4.79 Å². The molecule has 1 heterocycles. The lowest BCUT2D eigenvalue weighted by Crippen LogP contribution is -2.22. The van der Waals surface area contributed by atoms with E-state index in [0.29, 0.717) is 10.2 Å². The molecule has 0 aliphatic rings. The summed E-state index contributed by atoms with van der Waals surface area (Å²) in [4.78, 5) is 17.0. The molecule has 0 radical (unpaired) electrons. The van der Waals surface area contributed by atoms with Gasteiger partial charge in [0, 0.05) is 21.9 Å². The normalized spacial score (nSPS) is 12.1. The lowest BCUT2D eigenvalue weighted by Gasteiger charge is -2.14. The number of carbonyl (C=O) groups is 1. The minimum absolute atomic E-state index is 0.0860. The minimum Gasteiger partial charge on any atom is -0.302 e. The molecule has 5 heteroatoms. The zero-order chi connectivity index (χ0) is 16.7. The van der Waals surface area contributed by atoms with Gasteiger partial charge in [-0.3, -0.25) is 4.79 Å². The van der Waals surface area contributed by atoms with Crippen molar-refractivity contribution in [2.45, 2.75) is 46.0 Å². The molecule has 1 amide bonds. The van der Waals surface area contributed by atoms with Crippen LogP contribution in [0, 0.1) is 5.92 Å². The molecule has 0 fully saturated rings. The lowest BCUT2D eigenvalue weighted by atomic mass is 9.96. The van der Waals surface area contributed by atoms with Gasteiger partial charge < -0.3 is 5.32 Å². The van der Waals surface area contributed by atoms with Gasteiger partial charge in [-0.05, 0) is 25.0 Å². The lowest BCUT2D eigenvalue weighted by molar-refractivity contribution is -0.120. The van der Waals surface area contributed by atoms with Crippen LogP contribution in [0.25, 0.3) is 11.3 Å². The molecule has 0 aliphatic heterocycles. The smallest absolute Gasteiger partial charge is 0.229 e. The Balaban J connectivity index is 2.02. The molecule has 1 aromatic heterocycles. The molecule has 3 nitrogen and oxygen atoms in total. The van der Waals surface area contributed by atoms with Crippen molar-refractivity contribution in [1.82, 2.24) is 4.98 Å². The molecule has 1 atom stereocenters. The second-order valence-corrected chi connectivity index (χ2v) is 6.96. The van der Waals surface area contributed by atoms with E-state index < -0.39 is 0 Å². The second-order valence-electron chi connectivity index (χ2n) is 5.66. The van der Waals surface area contributed by atoms with Crippen LogP contribution in [0.4, 0.5) is 5.13 Å². The predicted molar refractivity (Wildman–Crippen MR) is 99.1 cm³/mol. The quantitative estimate of drug-likeness (QED) is 0.633. The topological polar surface area (TPSA) is 42.0 Å². The summed E-state index contributed by atoms with van der Waals surface area (Å²) in [7, 11) is 0. The first kappa shape index (κ1) is 18.0. The molecule has 0 aliphatic carbocycles. The zero-order valence-corrected chi connectivity index (χ0v) is 15.2. The second kappa shape index (κ2) is 9.04. The Kier molecular flexibility index (Phi) is 7.06. The summed E-state index contributed by atoms with van der Waals surface area (Å²) in [5.41, 5.74) is 1.87. The molecule has 2 rings (SSSR count). The Morgan fingerprint density at radius 1 is 1.22 bits per heavy atom. The maximum atomic E-state index is 12.4. The minimum atomic E-state index is 0.0860. The molecule has 124 valence electrons. The predicted octanol–water partition coefficient (Wildman–Crippen LogP) is 6.01. The Hall–Kier alpha value is -1.39. The highest BCUT2D eigenvalue weighted by Gasteiger charge is 2.18. The van der Waals surface area contributed by atoms with Crippen LogP contribution in [0.5, 0.6) is 0 Å². The maximum Gasteiger partial charge on any atom is 0.229 e. The number of aromatic nitrogens is 1. The van der Waals surface area contributed by atoms with Crippen LogP contribution in [-0.4, -0.2) is 10.9 Å². The van der Waals surface area contributed by atoms with Gasteiger partial charge in [0.15, 0.2) is 5.13 Å². The van der Waals surface area contributed by atoms with Crippen LogP contribution < -0.4 is 5.32 Å². The van der Waals surface area contributed by atoms with Crippen LogP contribution in [0.3, 0.4) is 0 Å². The number of unbranched alkanes of at least 4 members (excludes halogenated alkanes) is 1. The third kappa shape index (κ3) is 5.33. The molecule has 1 aromatic carbocycles. The Morgan fingerprint density at radius 2 is 1.96 bits per heavy atom. The molecule has 1 unspecified atom stereocenters. The van der Waals surface area contributed by atoms with E-state index in [1.54, 1.807) is 0 Å². The van der Waals surface area contributed by atoms with Gasteiger partial charge in [-0.2, -0.15) is 0 Å². The first-order valence-electron chi connectivity index (χ1n) is 8.16. The van der Waals surface area contributed by atoms with Crippen molar-refractivity contribution in [2.75, 3.05) is 5.32 Å². The van der Waals surface area contributed by atoms with Crippen LogP contribution >= 0.6 is 22.9 Å². The van der Waals surface area contributed by atoms with Crippen LogP contribution in [0.2, 0.25) is 5.02 Å². The van der Waals surface area contributed by atoms with Gasteiger partial charge in [0.1, 0.15) is 0 Å². The number of carbonyl (C=O) groups excluding carboxylic acids is 1. The van der Waals surface area contributed by atoms with E-state index >= 15 is 0 Å². The van der Waals surface area contributed by atoms with Crippen LogP contribution in [-0.2, 0) is 4.79 Å². The number of benzene rings is 1. The standard InChI is InChI=1S/C18H23ClN2OS/c1-3-5-7-14(6-4-2)17(22)21-18-20-16(12-23-18)13-8-10-15(19)11-9-13/h8-12,14H,3-7H2,1-2H3,(H,20,21,22). The average Bonchev–Trinajstić information content (AvgIpc) is 3.00. The summed E-state index contributed by atoms with van der Waals surface area (Å²) in [5.74, 6) is 0.181. The van der Waals surface area contributed by atoms with Crippen molar-refractivity contribution in [2.24, 2.45) is 5.92 Å². The van der Waals surface area contributed by atoms with E-state index in [1.807, 2.05) is 29.6 Å². The maximum absolute atomic E-state index is 12.4. The highest BCUT2D eigenvalue weighted by molar-refractivity contribution is 7.14. The van der Waals surface area contributed by atoms with Crippen molar-refractivity contribution >= 4 is 34.0 Å². The van der Waals surface area contributed by atoms with Gasteiger partial charge in [-0.1, -0.05) is 56.8 Å². The summed E-state index contributed by atoms with van der Waals surface area (Å²) in [6, 6.07) is 7.56. The van der Waals surface area contributed by atoms with Gasteiger partial charge in [-0.15, -0.1) is 11.3 Å². The highest BCUT2D eigenvalue weighted by Crippen LogP contribution is 2.27. The van der Waals surface area contributed by atoms with Crippen LogP contribution in [0.1, 0.15) is 46.0 Å². The monoisotopic (exact) mass is 350 g/mol. The molecular formula is C18H23ClN2OS.